The lowest BCUT2D eigenvalue weighted by Gasteiger charge is -2.28. The number of hydrogen-bond acceptors (Lipinski definition) is 3. The number of hydrogen-bond donors (Lipinski definition) is 1. The number of nitriles is 1. The summed E-state index contributed by atoms with van der Waals surface area (Å²) in [6, 6.07) is 15.9. The van der Waals surface area contributed by atoms with Crippen molar-refractivity contribution in [1.82, 2.24) is 0 Å². The summed E-state index contributed by atoms with van der Waals surface area (Å²) < 4.78 is 0. The molecule has 0 aliphatic heterocycles. The first-order chi connectivity index (χ1) is 10.0. The van der Waals surface area contributed by atoms with Crippen LogP contribution in [0.15, 0.2) is 42.5 Å². The highest BCUT2D eigenvalue weighted by atomic mass is 35.5. The summed E-state index contributed by atoms with van der Waals surface area (Å²) in [6.07, 6.45) is 0.319. The lowest BCUT2D eigenvalue weighted by atomic mass is 10.0. The van der Waals surface area contributed by atoms with E-state index in [1.54, 1.807) is 0 Å². The van der Waals surface area contributed by atoms with Crippen LogP contribution in [0.4, 0.5) is 11.4 Å². The fraction of sp³-hybridized carbons (Fsp3) is 0.235. The molecule has 0 saturated heterocycles. The van der Waals surface area contributed by atoms with E-state index in [-0.39, 0.29) is 6.04 Å². The van der Waals surface area contributed by atoms with Gasteiger partial charge in [0.2, 0.25) is 0 Å². The van der Waals surface area contributed by atoms with Crippen LogP contribution < -0.4 is 10.6 Å². The van der Waals surface area contributed by atoms with E-state index in [0.717, 1.165) is 21.8 Å². The van der Waals surface area contributed by atoms with Gasteiger partial charge in [-0.05, 0) is 48.4 Å². The van der Waals surface area contributed by atoms with Gasteiger partial charge in [-0.2, -0.15) is 5.26 Å². The fourth-order valence-electron chi connectivity index (χ4n) is 2.26. The van der Waals surface area contributed by atoms with E-state index in [9.17, 15) is 0 Å². The Hall–Kier alpha value is -2.18. The summed E-state index contributed by atoms with van der Waals surface area (Å²) >= 11 is 6.06. The van der Waals surface area contributed by atoms with Crippen LogP contribution in [-0.4, -0.2) is 7.05 Å². The lowest BCUT2D eigenvalue weighted by Crippen LogP contribution is -2.21. The highest BCUT2D eigenvalue weighted by molar-refractivity contribution is 6.30. The second-order valence-electron chi connectivity index (χ2n) is 5.06. The maximum atomic E-state index is 8.86. The van der Waals surface area contributed by atoms with Crippen molar-refractivity contribution < 1.29 is 0 Å². The van der Waals surface area contributed by atoms with E-state index in [0.29, 0.717) is 12.1 Å². The van der Waals surface area contributed by atoms with Gasteiger partial charge >= 0.3 is 0 Å². The zero-order valence-electron chi connectivity index (χ0n) is 12.2. The van der Waals surface area contributed by atoms with Crippen molar-refractivity contribution in [2.75, 3.05) is 17.7 Å². The average molecular weight is 300 g/mol. The smallest absolute Gasteiger partial charge is 0.0670 e. The van der Waals surface area contributed by atoms with Crippen LogP contribution in [0.25, 0.3) is 0 Å². The molecule has 2 rings (SSSR count). The summed E-state index contributed by atoms with van der Waals surface area (Å²) in [5.74, 6) is 0. The molecule has 3 nitrogen and oxygen atoms in total. The molecule has 4 heteroatoms. The number of nitrogens with two attached hydrogens (primary N) is 1. The monoisotopic (exact) mass is 299 g/mol. The van der Waals surface area contributed by atoms with Gasteiger partial charge in [0.05, 0.1) is 18.5 Å². The molecule has 21 heavy (non-hydrogen) atoms. The molecule has 2 N–H and O–H groups in total. The van der Waals surface area contributed by atoms with Crippen LogP contribution >= 0.6 is 11.6 Å². The van der Waals surface area contributed by atoms with Gasteiger partial charge in [0.15, 0.2) is 0 Å². The van der Waals surface area contributed by atoms with Crippen molar-refractivity contribution in [3.8, 4) is 6.07 Å². The molecule has 0 fully saturated rings. The topological polar surface area (TPSA) is 53.0 Å². The summed E-state index contributed by atoms with van der Waals surface area (Å²) in [7, 11) is 2.02. The standard InChI is InChI=1S/C17H18ClN3/c1-12(13-4-3-5-15(18)10-13)21(2)16-6-7-17(20)14(11-16)8-9-19/h3-7,10-12H,8,20H2,1-2H3. The van der Waals surface area contributed by atoms with Gasteiger partial charge in [0, 0.05) is 23.4 Å². The van der Waals surface area contributed by atoms with Crippen molar-refractivity contribution in [3.63, 3.8) is 0 Å². The number of benzene rings is 2. The third-order valence-corrected chi connectivity index (χ3v) is 3.95. The Morgan fingerprint density at radius 1 is 1.29 bits per heavy atom. The van der Waals surface area contributed by atoms with E-state index in [1.165, 1.54) is 0 Å². The molecule has 0 heterocycles. The SMILES string of the molecule is CC(c1cccc(Cl)c1)N(C)c1ccc(N)c(CC#N)c1. The van der Waals surface area contributed by atoms with Crippen molar-refractivity contribution in [1.29, 1.82) is 5.26 Å². The summed E-state index contributed by atoms with van der Waals surface area (Å²) in [4.78, 5) is 2.14. The minimum atomic E-state index is 0.169. The summed E-state index contributed by atoms with van der Waals surface area (Å²) in [5.41, 5.74) is 9.59. The third kappa shape index (κ3) is 3.48. The minimum absolute atomic E-state index is 0.169. The Kier molecular flexibility index (Phi) is 4.72. The molecule has 2 aromatic rings. The predicted octanol–water partition coefficient (Wildman–Crippen LogP) is 4.19. The maximum absolute atomic E-state index is 8.86. The molecule has 1 unspecified atom stereocenters. The maximum Gasteiger partial charge on any atom is 0.0670 e. The van der Waals surface area contributed by atoms with Gasteiger partial charge in [-0.25, -0.2) is 0 Å². The van der Waals surface area contributed by atoms with Crippen molar-refractivity contribution in [2.24, 2.45) is 0 Å². The van der Waals surface area contributed by atoms with Crippen LogP contribution in [-0.2, 0) is 6.42 Å². The van der Waals surface area contributed by atoms with Crippen LogP contribution in [0.3, 0.4) is 0 Å². The second-order valence-corrected chi connectivity index (χ2v) is 5.50. The first-order valence-electron chi connectivity index (χ1n) is 6.76. The largest absolute Gasteiger partial charge is 0.398 e. The highest BCUT2D eigenvalue weighted by Gasteiger charge is 2.13. The van der Waals surface area contributed by atoms with Crippen LogP contribution in [0, 0.1) is 11.3 Å². The van der Waals surface area contributed by atoms with Gasteiger partial charge in [0.1, 0.15) is 0 Å². The number of rotatable bonds is 4. The zero-order valence-corrected chi connectivity index (χ0v) is 12.9. The fourth-order valence-corrected chi connectivity index (χ4v) is 2.46. The number of anilines is 2. The second kappa shape index (κ2) is 6.51. The molecule has 0 aliphatic carbocycles. The number of halogens is 1. The van der Waals surface area contributed by atoms with Gasteiger partial charge in [0.25, 0.3) is 0 Å². The van der Waals surface area contributed by atoms with E-state index < -0.39 is 0 Å². The molecule has 0 bridgehead atoms. The van der Waals surface area contributed by atoms with Crippen LogP contribution in [0.1, 0.15) is 24.1 Å². The van der Waals surface area contributed by atoms with E-state index in [1.807, 2.05) is 43.4 Å². The molecule has 0 amide bonds. The number of nitrogens with zero attached hydrogens (tertiary/aromatic N) is 2. The lowest BCUT2D eigenvalue weighted by molar-refractivity contribution is 0.739. The van der Waals surface area contributed by atoms with E-state index in [4.69, 9.17) is 22.6 Å². The first-order valence-corrected chi connectivity index (χ1v) is 7.14. The highest BCUT2D eigenvalue weighted by Crippen LogP contribution is 2.29. The molecule has 1 atom stereocenters. The van der Waals surface area contributed by atoms with E-state index in [2.05, 4.69) is 24.0 Å². The molecule has 0 aliphatic rings. The molecule has 0 radical (unpaired) electrons. The van der Waals surface area contributed by atoms with Crippen LogP contribution in [0.2, 0.25) is 5.02 Å². The Labute approximate surface area is 130 Å². The first kappa shape index (κ1) is 15.2. The number of nitrogen functional groups attached to an aromatic ring is 1. The van der Waals surface area contributed by atoms with Gasteiger partial charge < -0.3 is 10.6 Å². The van der Waals surface area contributed by atoms with E-state index >= 15 is 0 Å². The molecule has 0 aromatic heterocycles. The molecular formula is C17H18ClN3. The van der Waals surface area contributed by atoms with Gasteiger partial charge in [-0.1, -0.05) is 23.7 Å². The minimum Gasteiger partial charge on any atom is -0.398 e. The average Bonchev–Trinajstić information content (AvgIpc) is 2.48. The third-order valence-electron chi connectivity index (χ3n) is 3.72. The normalized spacial score (nSPS) is 11.7. The summed E-state index contributed by atoms with van der Waals surface area (Å²) in [5, 5.41) is 9.59. The summed E-state index contributed by atoms with van der Waals surface area (Å²) in [6.45, 7) is 2.12. The van der Waals surface area contributed by atoms with Gasteiger partial charge in [-0.15, -0.1) is 0 Å². The Bertz CT molecular complexity index is 676. The van der Waals surface area contributed by atoms with Crippen molar-refractivity contribution in [2.45, 2.75) is 19.4 Å². The molecule has 108 valence electrons. The zero-order chi connectivity index (χ0) is 15.4. The molecular weight excluding hydrogens is 282 g/mol. The molecule has 2 aromatic carbocycles. The van der Waals surface area contributed by atoms with Crippen molar-refractivity contribution >= 4 is 23.0 Å². The predicted molar refractivity (Wildman–Crippen MR) is 88.4 cm³/mol. The van der Waals surface area contributed by atoms with Gasteiger partial charge in [-0.3, -0.25) is 0 Å². The Morgan fingerprint density at radius 2 is 2.05 bits per heavy atom. The van der Waals surface area contributed by atoms with Crippen molar-refractivity contribution in [3.05, 3.63) is 58.6 Å². The molecule has 0 spiro atoms. The van der Waals surface area contributed by atoms with Crippen LogP contribution in [0.5, 0.6) is 0 Å². The quantitative estimate of drug-likeness (QED) is 0.861. The Balaban J connectivity index is 2.29. The Morgan fingerprint density at radius 3 is 2.71 bits per heavy atom. The molecule has 0 saturated carbocycles.